The number of ether oxygens (including phenoxy) is 1. The molecule has 1 atom stereocenters. The van der Waals surface area contributed by atoms with Gasteiger partial charge in [-0.05, 0) is 67.1 Å². The standard InChI is InChI=1S/C28H30N4O4/c1-18-29-30-28(35-18)27-15-23-25(4-3-5-26(23)36-27)34-17-22(33)16-32-12-9-19(10-13-32)21-7-6-20-8-11-31(2)24(20)14-21/h3-8,11,14-15,19,22,33H,9-10,12-13,16-17H2,1-2H3. The lowest BCUT2D eigenvalue weighted by molar-refractivity contribution is 0.0599. The summed E-state index contributed by atoms with van der Waals surface area (Å²) < 4.78 is 19.5. The number of likely N-dealkylation sites (tertiary alicyclic amines) is 1. The van der Waals surface area contributed by atoms with Crippen LogP contribution in [0.15, 0.2) is 63.6 Å². The number of aliphatic hydroxyl groups excluding tert-OH is 1. The van der Waals surface area contributed by atoms with E-state index in [-0.39, 0.29) is 6.61 Å². The number of benzene rings is 2. The number of aliphatic hydroxyl groups is 1. The molecule has 2 aromatic carbocycles. The number of rotatable bonds is 7. The van der Waals surface area contributed by atoms with Crippen LogP contribution in [0, 0.1) is 6.92 Å². The Kier molecular flexibility index (Phi) is 5.99. The Morgan fingerprint density at radius 2 is 1.94 bits per heavy atom. The molecular weight excluding hydrogens is 456 g/mol. The molecule has 0 aliphatic carbocycles. The predicted molar refractivity (Wildman–Crippen MR) is 137 cm³/mol. The van der Waals surface area contributed by atoms with E-state index in [1.54, 1.807) is 6.92 Å². The fourth-order valence-electron chi connectivity index (χ4n) is 5.18. The number of aryl methyl sites for hydroxylation is 2. The first-order chi connectivity index (χ1) is 17.5. The lowest BCUT2D eigenvalue weighted by atomic mass is 9.89. The van der Waals surface area contributed by atoms with Gasteiger partial charge in [-0.3, -0.25) is 0 Å². The molecular formula is C28H30N4O4. The second kappa shape index (κ2) is 9.44. The van der Waals surface area contributed by atoms with E-state index in [0.29, 0.717) is 41.3 Å². The molecule has 0 saturated carbocycles. The Labute approximate surface area is 209 Å². The highest BCUT2D eigenvalue weighted by molar-refractivity contribution is 5.87. The summed E-state index contributed by atoms with van der Waals surface area (Å²) in [5.41, 5.74) is 3.37. The van der Waals surface area contributed by atoms with E-state index in [0.717, 1.165) is 31.3 Å². The Balaban J connectivity index is 1.04. The topological polar surface area (TPSA) is 89.7 Å². The number of nitrogens with zero attached hydrogens (tertiary/aromatic N) is 4. The van der Waals surface area contributed by atoms with Crippen molar-refractivity contribution in [3.05, 3.63) is 66.2 Å². The molecule has 1 saturated heterocycles. The highest BCUT2D eigenvalue weighted by Crippen LogP contribution is 2.33. The van der Waals surface area contributed by atoms with E-state index < -0.39 is 6.10 Å². The van der Waals surface area contributed by atoms with Crippen LogP contribution in [0.25, 0.3) is 33.5 Å². The highest BCUT2D eigenvalue weighted by atomic mass is 16.5. The van der Waals surface area contributed by atoms with Gasteiger partial charge in [0.05, 0.1) is 5.39 Å². The molecule has 4 heterocycles. The van der Waals surface area contributed by atoms with Crippen LogP contribution in [0.3, 0.4) is 0 Å². The average molecular weight is 487 g/mol. The third-order valence-corrected chi connectivity index (χ3v) is 7.13. The maximum Gasteiger partial charge on any atom is 0.283 e. The minimum atomic E-state index is -0.582. The zero-order valence-electron chi connectivity index (χ0n) is 20.6. The van der Waals surface area contributed by atoms with Crippen molar-refractivity contribution in [2.75, 3.05) is 26.2 Å². The second-order valence-electron chi connectivity index (χ2n) is 9.69. The van der Waals surface area contributed by atoms with E-state index >= 15 is 0 Å². The zero-order chi connectivity index (χ0) is 24.6. The molecule has 36 heavy (non-hydrogen) atoms. The molecule has 1 aliphatic rings. The molecule has 186 valence electrons. The van der Waals surface area contributed by atoms with Gasteiger partial charge in [-0.15, -0.1) is 10.2 Å². The summed E-state index contributed by atoms with van der Waals surface area (Å²) in [5.74, 6) is 2.53. The van der Waals surface area contributed by atoms with Gasteiger partial charge in [-0.2, -0.15) is 0 Å². The van der Waals surface area contributed by atoms with Crippen molar-refractivity contribution in [2.24, 2.45) is 7.05 Å². The normalized spacial score (nSPS) is 16.2. The summed E-state index contributed by atoms with van der Waals surface area (Å²) in [7, 11) is 2.10. The Bertz CT molecular complexity index is 1490. The Hall–Kier alpha value is -3.62. The van der Waals surface area contributed by atoms with Crippen molar-refractivity contribution >= 4 is 21.9 Å². The van der Waals surface area contributed by atoms with E-state index in [4.69, 9.17) is 13.6 Å². The number of aromatic nitrogens is 3. The molecule has 1 fully saturated rings. The number of fused-ring (bicyclic) bond motifs is 2. The molecule has 0 radical (unpaired) electrons. The van der Waals surface area contributed by atoms with Crippen molar-refractivity contribution in [1.82, 2.24) is 19.7 Å². The molecule has 1 unspecified atom stereocenters. The minimum Gasteiger partial charge on any atom is -0.490 e. The van der Waals surface area contributed by atoms with Gasteiger partial charge in [0.25, 0.3) is 5.89 Å². The van der Waals surface area contributed by atoms with Crippen molar-refractivity contribution in [2.45, 2.75) is 31.8 Å². The maximum atomic E-state index is 10.7. The number of hydrogen-bond acceptors (Lipinski definition) is 7. The molecule has 5 aromatic rings. The molecule has 8 heteroatoms. The fourth-order valence-corrected chi connectivity index (χ4v) is 5.18. The molecule has 0 spiro atoms. The largest absolute Gasteiger partial charge is 0.490 e. The van der Waals surface area contributed by atoms with Gasteiger partial charge in [-0.25, -0.2) is 0 Å². The van der Waals surface area contributed by atoms with Crippen molar-refractivity contribution in [1.29, 1.82) is 0 Å². The Morgan fingerprint density at radius 3 is 2.75 bits per heavy atom. The van der Waals surface area contributed by atoms with Crippen molar-refractivity contribution in [3.8, 4) is 17.4 Å². The average Bonchev–Trinajstić information content (AvgIpc) is 3.61. The third-order valence-electron chi connectivity index (χ3n) is 7.13. The van der Waals surface area contributed by atoms with Crippen molar-refractivity contribution < 1.29 is 18.7 Å². The molecule has 8 nitrogen and oxygen atoms in total. The van der Waals surface area contributed by atoms with Gasteiger partial charge in [0.1, 0.15) is 24.0 Å². The Morgan fingerprint density at radius 1 is 1.08 bits per heavy atom. The summed E-state index contributed by atoms with van der Waals surface area (Å²) in [6.45, 7) is 4.48. The van der Waals surface area contributed by atoms with Crippen LogP contribution in [0.2, 0.25) is 0 Å². The number of piperidine rings is 1. The van der Waals surface area contributed by atoms with Crippen molar-refractivity contribution in [3.63, 3.8) is 0 Å². The first-order valence-corrected chi connectivity index (χ1v) is 12.4. The van der Waals surface area contributed by atoms with Crippen LogP contribution in [0.4, 0.5) is 0 Å². The second-order valence-corrected chi connectivity index (χ2v) is 9.69. The fraction of sp³-hybridized carbons (Fsp3) is 0.357. The minimum absolute atomic E-state index is 0.212. The quantitative estimate of drug-likeness (QED) is 0.350. The van der Waals surface area contributed by atoms with Crippen LogP contribution < -0.4 is 4.74 Å². The monoisotopic (exact) mass is 486 g/mol. The molecule has 0 amide bonds. The van der Waals surface area contributed by atoms with Crippen LogP contribution in [0.5, 0.6) is 5.75 Å². The van der Waals surface area contributed by atoms with Gasteiger partial charge in [0.15, 0.2) is 5.76 Å². The molecule has 1 aliphatic heterocycles. The van der Waals surface area contributed by atoms with Crippen LogP contribution >= 0.6 is 0 Å². The summed E-state index contributed by atoms with van der Waals surface area (Å²) >= 11 is 0. The van der Waals surface area contributed by atoms with E-state index in [1.165, 1.54) is 16.5 Å². The third kappa shape index (κ3) is 4.50. The lowest BCUT2D eigenvalue weighted by Crippen LogP contribution is -2.40. The van der Waals surface area contributed by atoms with E-state index in [1.807, 2.05) is 24.3 Å². The SMILES string of the molecule is Cc1nnc(-c2cc3c(OCC(O)CN4CCC(c5ccc6ccn(C)c6c5)CC4)cccc3o2)o1. The van der Waals surface area contributed by atoms with Gasteiger partial charge in [0.2, 0.25) is 5.89 Å². The summed E-state index contributed by atoms with van der Waals surface area (Å²) in [5, 5.41) is 20.7. The number of hydrogen-bond donors (Lipinski definition) is 1. The molecule has 6 rings (SSSR count). The first-order valence-electron chi connectivity index (χ1n) is 12.4. The summed E-state index contributed by atoms with van der Waals surface area (Å²) in [6.07, 6.45) is 3.72. The molecule has 3 aromatic heterocycles. The van der Waals surface area contributed by atoms with Gasteiger partial charge >= 0.3 is 0 Å². The van der Waals surface area contributed by atoms with E-state index in [9.17, 15) is 5.11 Å². The van der Waals surface area contributed by atoms with Crippen LogP contribution in [-0.4, -0.2) is 57.1 Å². The molecule has 0 bridgehead atoms. The lowest BCUT2D eigenvalue weighted by Gasteiger charge is -2.33. The predicted octanol–water partition coefficient (Wildman–Crippen LogP) is 4.90. The number of furan rings is 1. The number of β-amino-alcohol motifs (C(OH)–C–C–N with tert-alkyl or cyclic N) is 1. The summed E-state index contributed by atoms with van der Waals surface area (Å²) in [6, 6.07) is 16.4. The smallest absolute Gasteiger partial charge is 0.283 e. The highest BCUT2D eigenvalue weighted by Gasteiger charge is 2.23. The first kappa shape index (κ1) is 22.8. The maximum absolute atomic E-state index is 10.7. The van der Waals surface area contributed by atoms with Crippen LogP contribution in [-0.2, 0) is 7.05 Å². The van der Waals surface area contributed by atoms with E-state index in [2.05, 4.69) is 57.2 Å². The zero-order valence-corrected chi connectivity index (χ0v) is 20.6. The van der Waals surface area contributed by atoms with Crippen LogP contribution in [0.1, 0.15) is 30.2 Å². The molecule has 1 N–H and O–H groups in total. The van der Waals surface area contributed by atoms with Gasteiger partial charge < -0.3 is 28.1 Å². The van der Waals surface area contributed by atoms with Gasteiger partial charge in [-0.1, -0.05) is 18.2 Å². The summed E-state index contributed by atoms with van der Waals surface area (Å²) in [4.78, 5) is 2.33. The van der Waals surface area contributed by atoms with Gasteiger partial charge in [0, 0.05) is 38.3 Å².